The third-order valence-corrected chi connectivity index (χ3v) is 11.4. The maximum atomic E-state index is 12.8. The van der Waals surface area contributed by atoms with E-state index in [0.29, 0.717) is 12.8 Å². The van der Waals surface area contributed by atoms with Crippen molar-refractivity contribution in [2.75, 3.05) is 19.8 Å². The summed E-state index contributed by atoms with van der Waals surface area (Å²) in [5, 5.41) is 40.2. The highest BCUT2D eigenvalue weighted by molar-refractivity contribution is 5.70. The Kier molecular flexibility index (Phi) is 40.2. The molecule has 10 heteroatoms. The van der Waals surface area contributed by atoms with Gasteiger partial charge in [0, 0.05) is 12.8 Å². The zero-order valence-electron chi connectivity index (χ0n) is 39.8. The molecule has 1 aliphatic heterocycles. The molecule has 6 atom stereocenters. The first-order valence-electron chi connectivity index (χ1n) is 25.4. The molecule has 0 saturated carbocycles. The van der Waals surface area contributed by atoms with Crippen LogP contribution in [0.2, 0.25) is 0 Å². The highest BCUT2D eigenvalue weighted by Gasteiger charge is 2.44. The minimum atomic E-state index is -1.60. The van der Waals surface area contributed by atoms with E-state index in [1.54, 1.807) is 0 Å². The Hall–Kier alpha value is -2.60. The molecule has 63 heavy (non-hydrogen) atoms. The summed E-state index contributed by atoms with van der Waals surface area (Å²) in [6.07, 6.45) is 46.5. The molecule has 0 aromatic carbocycles. The molecule has 1 aliphatic rings. The second kappa shape index (κ2) is 43.3. The molecule has 1 rings (SSSR count). The number of unbranched alkanes of at least 4 members (excludes halogenated alkanes) is 21. The molecule has 4 N–H and O–H groups in total. The van der Waals surface area contributed by atoms with Crippen molar-refractivity contribution in [2.45, 2.75) is 243 Å². The maximum absolute atomic E-state index is 12.8. The first-order valence-corrected chi connectivity index (χ1v) is 25.4. The van der Waals surface area contributed by atoms with Crippen molar-refractivity contribution >= 4 is 11.9 Å². The van der Waals surface area contributed by atoms with Crippen LogP contribution in [0.15, 0.2) is 60.8 Å². The highest BCUT2D eigenvalue weighted by atomic mass is 16.7. The molecule has 364 valence electrons. The van der Waals surface area contributed by atoms with Gasteiger partial charge in [-0.3, -0.25) is 9.59 Å². The van der Waals surface area contributed by atoms with E-state index in [0.717, 1.165) is 70.6 Å². The lowest BCUT2D eigenvalue weighted by Crippen LogP contribution is -2.59. The van der Waals surface area contributed by atoms with Crippen LogP contribution in [0.3, 0.4) is 0 Å². The minimum absolute atomic E-state index is 0.223. The molecule has 10 nitrogen and oxygen atoms in total. The van der Waals surface area contributed by atoms with E-state index < -0.39 is 55.4 Å². The molecule has 0 aromatic heterocycles. The summed E-state index contributed by atoms with van der Waals surface area (Å²) in [6.45, 7) is 3.30. The quantitative estimate of drug-likeness (QED) is 0.0265. The number of hydrogen-bond donors (Lipinski definition) is 4. The van der Waals surface area contributed by atoms with E-state index in [-0.39, 0.29) is 26.1 Å². The second-order valence-corrected chi connectivity index (χ2v) is 17.2. The van der Waals surface area contributed by atoms with Crippen LogP contribution >= 0.6 is 0 Å². The van der Waals surface area contributed by atoms with Crippen molar-refractivity contribution in [3.8, 4) is 0 Å². The third kappa shape index (κ3) is 34.4. The zero-order chi connectivity index (χ0) is 45.9. The monoisotopic (exact) mass is 889 g/mol. The number of ether oxygens (including phenoxy) is 4. The summed E-state index contributed by atoms with van der Waals surface area (Å²) < 4.78 is 22.2. The van der Waals surface area contributed by atoms with Gasteiger partial charge in [0.15, 0.2) is 12.4 Å². The number of carbonyl (C=O) groups excluding carboxylic acids is 2. The van der Waals surface area contributed by atoms with Crippen LogP contribution in [0.4, 0.5) is 0 Å². The fraction of sp³-hybridized carbons (Fsp3) is 0.774. The average Bonchev–Trinajstić information content (AvgIpc) is 3.28. The molecule has 2 unspecified atom stereocenters. The fourth-order valence-corrected chi connectivity index (χ4v) is 7.45. The van der Waals surface area contributed by atoms with Gasteiger partial charge < -0.3 is 39.4 Å². The molecule has 0 bridgehead atoms. The first-order chi connectivity index (χ1) is 30.8. The summed E-state index contributed by atoms with van der Waals surface area (Å²) in [5.41, 5.74) is 0. The molecule has 0 aliphatic carbocycles. The van der Waals surface area contributed by atoms with Gasteiger partial charge in [0.2, 0.25) is 0 Å². The van der Waals surface area contributed by atoms with Gasteiger partial charge in [-0.25, -0.2) is 0 Å². The van der Waals surface area contributed by atoms with E-state index in [1.807, 2.05) is 0 Å². The van der Waals surface area contributed by atoms with Crippen molar-refractivity contribution in [3.05, 3.63) is 60.8 Å². The number of carbonyl (C=O) groups is 2. The van der Waals surface area contributed by atoms with Gasteiger partial charge in [-0.1, -0.05) is 197 Å². The molecule has 1 heterocycles. The van der Waals surface area contributed by atoms with Gasteiger partial charge >= 0.3 is 11.9 Å². The Balaban J connectivity index is 2.30. The van der Waals surface area contributed by atoms with Crippen LogP contribution in [-0.2, 0) is 28.5 Å². The van der Waals surface area contributed by atoms with Gasteiger partial charge in [-0.2, -0.15) is 0 Å². The topological polar surface area (TPSA) is 152 Å². The van der Waals surface area contributed by atoms with Crippen molar-refractivity contribution < 1.29 is 49.0 Å². The van der Waals surface area contributed by atoms with Gasteiger partial charge in [-0.15, -0.1) is 0 Å². The summed E-state index contributed by atoms with van der Waals surface area (Å²) >= 11 is 0. The van der Waals surface area contributed by atoms with Gasteiger partial charge in [0.1, 0.15) is 31.0 Å². The van der Waals surface area contributed by atoms with E-state index in [1.165, 1.54) is 96.3 Å². The van der Waals surface area contributed by atoms with Crippen LogP contribution in [0.5, 0.6) is 0 Å². The van der Waals surface area contributed by atoms with Crippen LogP contribution < -0.4 is 0 Å². The molecule has 1 fully saturated rings. The second-order valence-electron chi connectivity index (χ2n) is 17.2. The summed E-state index contributed by atoms with van der Waals surface area (Å²) in [5.74, 6) is -0.840. The van der Waals surface area contributed by atoms with Gasteiger partial charge in [-0.05, 0) is 57.8 Å². The largest absolute Gasteiger partial charge is 0.462 e. The van der Waals surface area contributed by atoms with E-state index in [4.69, 9.17) is 18.9 Å². The van der Waals surface area contributed by atoms with E-state index in [2.05, 4.69) is 74.6 Å². The lowest BCUT2D eigenvalue weighted by atomic mass is 9.99. The van der Waals surface area contributed by atoms with Gasteiger partial charge in [0.05, 0.1) is 13.2 Å². The zero-order valence-corrected chi connectivity index (χ0v) is 39.8. The van der Waals surface area contributed by atoms with Crippen LogP contribution in [0.25, 0.3) is 0 Å². The van der Waals surface area contributed by atoms with Crippen LogP contribution in [0.1, 0.15) is 206 Å². The summed E-state index contributed by atoms with van der Waals surface area (Å²) in [7, 11) is 0. The number of hydrogen-bond acceptors (Lipinski definition) is 10. The lowest BCUT2D eigenvalue weighted by Gasteiger charge is -2.39. The molecule has 0 aromatic rings. The molecule has 0 radical (unpaired) electrons. The average molecular weight is 889 g/mol. The standard InChI is InChI=1S/C53H92O10/c1-3-5-7-9-11-13-15-17-19-21-23-25-27-29-31-33-35-37-39-41-48(55)60-44-46(45-61-53-52(59)51(58)50(57)47(43-54)63-53)62-49(56)42-40-38-36-34-32-30-28-26-24-22-20-18-16-14-12-10-8-6-4-2/h5,7,11,13,17,19,23,25,29,31,46-47,50-54,57-59H,3-4,6,8-10,12,14-16,18,20-22,24,26-28,30,32-45H2,1-2H3/b7-5+,13-11+,19-17+,25-23+,31-29+/t46-,47-,50+,51?,52?,53-/m0/s1. The van der Waals surface area contributed by atoms with Crippen LogP contribution in [-0.4, -0.2) is 89.0 Å². The molecule has 1 saturated heterocycles. The van der Waals surface area contributed by atoms with Crippen LogP contribution in [0, 0.1) is 0 Å². The van der Waals surface area contributed by atoms with E-state index >= 15 is 0 Å². The van der Waals surface area contributed by atoms with Crippen molar-refractivity contribution in [3.63, 3.8) is 0 Å². The van der Waals surface area contributed by atoms with E-state index in [9.17, 15) is 30.0 Å². The predicted octanol–water partition coefficient (Wildman–Crippen LogP) is 11.8. The Morgan fingerprint density at radius 1 is 0.508 bits per heavy atom. The Morgan fingerprint density at radius 3 is 1.41 bits per heavy atom. The smallest absolute Gasteiger partial charge is 0.306 e. The third-order valence-electron chi connectivity index (χ3n) is 11.4. The number of rotatable bonds is 42. The Bertz CT molecular complexity index is 1210. The Labute approximate surface area is 383 Å². The van der Waals surface area contributed by atoms with Crippen molar-refractivity contribution in [2.24, 2.45) is 0 Å². The fourth-order valence-electron chi connectivity index (χ4n) is 7.45. The summed E-state index contributed by atoms with van der Waals surface area (Å²) in [4.78, 5) is 25.4. The first kappa shape index (κ1) is 58.4. The SMILES string of the molecule is CC/C=C/C/C=C/C/C=C/C/C=C/C/C=C/CCCCCC(=O)OC[C@@H](CO[C@H]1O[C@@H](CO)[C@@H](O)C(O)C1O)OC(=O)CCCCCCCCCCCCCCCCCCCCC. The van der Waals surface area contributed by atoms with Crippen molar-refractivity contribution in [1.29, 1.82) is 0 Å². The normalized spacial score (nSPS) is 20.0. The Morgan fingerprint density at radius 2 is 0.937 bits per heavy atom. The number of allylic oxidation sites excluding steroid dienone is 10. The van der Waals surface area contributed by atoms with Crippen molar-refractivity contribution in [1.82, 2.24) is 0 Å². The summed E-state index contributed by atoms with van der Waals surface area (Å²) in [6, 6.07) is 0. The van der Waals surface area contributed by atoms with Gasteiger partial charge in [0.25, 0.3) is 0 Å². The highest BCUT2D eigenvalue weighted by Crippen LogP contribution is 2.23. The minimum Gasteiger partial charge on any atom is -0.462 e. The maximum Gasteiger partial charge on any atom is 0.306 e. The molecular weight excluding hydrogens is 797 g/mol. The predicted molar refractivity (Wildman–Crippen MR) is 256 cm³/mol. The number of aliphatic hydroxyl groups excluding tert-OH is 4. The molecule has 0 amide bonds. The lowest BCUT2D eigenvalue weighted by molar-refractivity contribution is -0.305. The molecular formula is C53H92O10. The number of esters is 2. The number of aliphatic hydroxyl groups is 4. The molecule has 0 spiro atoms.